The molecule has 14 N–H and O–H groups in total. The summed E-state index contributed by atoms with van der Waals surface area (Å²) in [6.45, 7) is 4.06. The van der Waals surface area contributed by atoms with Crippen molar-refractivity contribution in [3.8, 4) is 0 Å². The second-order valence-electron chi connectivity index (χ2n) is 9.03. The Morgan fingerprint density at radius 1 is 0.784 bits per heavy atom. The van der Waals surface area contributed by atoms with Crippen LogP contribution in [0.1, 0.15) is 58.8 Å². The van der Waals surface area contributed by atoms with Crippen LogP contribution in [0.15, 0.2) is 4.99 Å². The first-order valence-corrected chi connectivity index (χ1v) is 12.2. The summed E-state index contributed by atoms with van der Waals surface area (Å²) in [5.41, 5.74) is 27.1. The van der Waals surface area contributed by atoms with E-state index in [9.17, 15) is 29.1 Å². The summed E-state index contributed by atoms with van der Waals surface area (Å²) in [6, 6.07) is -4.46. The lowest BCUT2D eigenvalue weighted by atomic mass is 10.0. The van der Waals surface area contributed by atoms with E-state index in [4.69, 9.17) is 28.7 Å². The number of carbonyl (C=O) groups is 5. The molecule has 0 radical (unpaired) electrons. The van der Waals surface area contributed by atoms with Crippen LogP contribution >= 0.6 is 0 Å². The third kappa shape index (κ3) is 14.6. The fourth-order valence-corrected chi connectivity index (χ4v) is 3.19. The maximum Gasteiger partial charge on any atom is 0.326 e. The van der Waals surface area contributed by atoms with Crippen molar-refractivity contribution in [2.24, 2.45) is 39.6 Å². The lowest BCUT2D eigenvalue weighted by Crippen LogP contribution is -2.57. The number of primary amides is 1. The zero-order valence-corrected chi connectivity index (χ0v) is 21.6. The summed E-state index contributed by atoms with van der Waals surface area (Å²) in [7, 11) is 0. The third-order valence-electron chi connectivity index (χ3n) is 5.47. The Kier molecular flexibility index (Phi) is 16.2. The van der Waals surface area contributed by atoms with E-state index >= 15 is 0 Å². The number of aliphatic imine (C=N–C) groups is 1. The van der Waals surface area contributed by atoms with E-state index in [1.165, 1.54) is 0 Å². The lowest BCUT2D eigenvalue weighted by Gasteiger charge is -2.25. The molecule has 0 aromatic carbocycles. The maximum absolute atomic E-state index is 13.1. The third-order valence-corrected chi connectivity index (χ3v) is 5.47. The number of hydrogen-bond donors (Lipinski definition) is 9. The Morgan fingerprint density at radius 2 is 1.30 bits per heavy atom. The van der Waals surface area contributed by atoms with E-state index < -0.39 is 53.8 Å². The molecule has 4 atom stereocenters. The molecule has 0 rings (SSSR count). The van der Waals surface area contributed by atoms with Crippen LogP contribution in [0, 0.1) is 5.92 Å². The Balaban J connectivity index is 5.56. The SMILES string of the molecule is CC(C)C(N)C(=O)NC(CCCCN)C(=O)NC(CCC(N)=O)C(=O)NC(CCCN=C(N)N)C(=O)O. The normalized spacial score (nSPS) is 14.1. The number of carboxylic acid groups (broad SMARTS) is 1. The number of aliphatic carboxylic acids is 1. The summed E-state index contributed by atoms with van der Waals surface area (Å²) in [5, 5.41) is 17.0. The summed E-state index contributed by atoms with van der Waals surface area (Å²) in [4.78, 5) is 65.2. The maximum atomic E-state index is 13.1. The van der Waals surface area contributed by atoms with Gasteiger partial charge in [-0.25, -0.2) is 4.79 Å². The molecule has 4 unspecified atom stereocenters. The van der Waals surface area contributed by atoms with Crippen molar-refractivity contribution >= 4 is 35.6 Å². The second-order valence-corrected chi connectivity index (χ2v) is 9.03. The van der Waals surface area contributed by atoms with Gasteiger partial charge in [0, 0.05) is 13.0 Å². The van der Waals surface area contributed by atoms with E-state index in [0.717, 1.165) is 0 Å². The van der Waals surface area contributed by atoms with Gasteiger partial charge in [-0.15, -0.1) is 0 Å². The summed E-state index contributed by atoms with van der Waals surface area (Å²) in [5.74, 6) is -4.38. The van der Waals surface area contributed by atoms with Gasteiger partial charge in [-0.05, 0) is 51.0 Å². The zero-order valence-electron chi connectivity index (χ0n) is 21.6. The van der Waals surface area contributed by atoms with Crippen LogP contribution in [0.2, 0.25) is 0 Å². The highest BCUT2D eigenvalue weighted by Gasteiger charge is 2.30. The minimum absolute atomic E-state index is 0.0131. The van der Waals surface area contributed by atoms with E-state index in [1.54, 1.807) is 13.8 Å². The number of rotatable bonds is 19. The first kappa shape index (κ1) is 33.5. The molecule has 0 fully saturated rings. The van der Waals surface area contributed by atoms with Crippen molar-refractivity contribution in [2.45, 2.75) is 83.0 Å². The van der Waals surface area contributed by atoms with E-state index in [2.05, 4.69) is 20.9 Å². The van der Waals surface area contributed by atoms with Crippen molar-refractivity contribution in [3.05, 3.63) is 0 Å². The van der Waals surface area contributed by atoms with Crippen molar-refractivity contribution in [3.63, 3.8) is 0 Å². The average Bonchev–Trinajstić information content (AvgIpc) is 2.81. The van der Waals surface area contributed by atoms with E-state index in [-0.39, 0.29) is 50.5 Å². The van der Waals surface area contributed by atoms with Crippen molar-refractivity contribution in [1.82, 2.24) is 16.0 Å². The van der Waals surface area contributed by atoms with Gasteiger partial charge in [0.2, 0.25) is 23.6 Å². The molecular weight excluding hydrogens is 486 g/mol. The van der Waals surface area contributed by atoms with Crippen LogP contribution in [0.25, 0.3) is 0 Å². The number of nitrogens with one attached hydrogen (secondary N) is 3. The smallest absolute Gasteiger partial charge is 0.326 e. The van der Waals surface area contributed by atoms with Gasteiger partial charge in [-0.3, -0.25) is 24.2 Å². The van der Waals surface area contributed by atoms with Crippen LogP contribution in [-0.4, -0.2) is 77.9 Å². The van der Waals surface area contributed by atoms with Crippen molar-refractivity contribution < 1.29 is 29.1 Å². The van der Waals surface area contributed by atoms with Crippen molar-refractivity contribution in [2.75, 3.05) is 13.1 Å². The van der Waals surface area contributed by atoms with Gasteiger partial charge in [0.15, 0.2) is 5.96 Å². The highest BCUT2D eigenvalue weighted by molar-refractivity contribution is 5.94. The molecule has 0 saturated carbocycles. The molecule has 0 saturated heterocycles. The average molecular weight is 530 g/mol. The molecule has 37 heavy (non-hydrogen) atoms. The number of carboxylic acids is 1. The molecule has 0 aliphatic carbocycles. The predicted molar refractivity (Wildman–Crippen MR) is 137 cm³/mol. The molecule has 0 spiro atoms. The largest absolute Gasteiger partial charge is 0.480 e. The summed E-state index contributed by atoms with van der Waals surface area (Å²) < 4.78 is 0. The molecule has 0 aromatic rings. The van der Waals surface area contributed by atoms with Crippen LogP contribution < -0.4 is 44.6 Å². The van der Waals surface area contributed by atoms with Gasteiger partial charge < -0.3 is 49.7 Å². The molecule has 0 aliphatic rings. The highest BCUT2D eigenvalue weighted by atomic mass is 16.4. The second kappa shape index (κ2) is 17.9. The summed E-state index contributed by atoms with van der Waals surface area (Å²) in [6.07, 6.45) is 1.19. The molecule has 0 aromatic heterocycles. The first-order chi connectivity index (χ1) is 17.3. The fourth-order valence-electron chi connectivity index (χ4n) is 3.19. The molecule has 15 heteroatoms. The van der Waals surface area contributed by atoms with Gasteiger partial charge in [-0.2, -0.15) is 0 Å². The van der Waals surface area contributed by atoms with Gasteiger partial charge in [0.05, 0.1) is 6.04 Å². The molecule has 0 heterocycles. The number of amides is 4. The minimum atomic E-state index is -1.30. The van der Waals surface area contributed by atoms with Crippen LogP contribution in [-0.2, 0) is 24.0 Å². The zero-order chi connectivity index (χ0) is 28.5. The molecule has 0 aliphatic heterocycles. The monoisotopic (exact) mass is 529 g/mol. The number of guanidine groups is 1. The predicted octanol–water partition coefficient (Wildman–Crippen LogP) is -3.04. The quantitative estimate of drug-likeness (QED) is 0.0463. The summed E-state index contributed by atoms with van der Waals surface area (Å²) >= 11 is 0. The van der Waals surface area contributed by atoms with Gasteiger partial charge in [0.1, 0.15) is 18.1 Å². The Bertz CT molecular complexity index is 802. The number of nitrogens with zero attached hydrogens (tertiary/aromatic N) is 1. The molecule has 0 bridgehead atoms. The number of carbonyl (C=O) groups excluding carboxylic acids is 4. The molecule has 212 valence electrons. The van der Waals surface area contributed by atoms with Crippen LogP contribution in [0.5, 0.6) is 0 Å². The standard InChI is InChI=1S/C22H43N9O6/c1-12(2)17(25)20(35)30-13(6-3-4-10-23)18(33)29-14(8-9-16(24)32)19(34)31-15(21(36)37)7-5-11-28-22(26)27/h12-15,17H,3-11,23,25H2,1-2H3,(H2,24,32)(H,29,33)(H,30,35)(H,31,34)(H,36,37)(H4,26,27,28). The number of hydrogen-bond acceptors (Lipinski definition) is 8. The van der Waals surface area contributed by atoms with Gasteiger partial charge in [0.25, 0.3) is 0 Å². The number of nitrogens with two attached hydrogens (primary N) is 5. The molecule has 4 amide bonds. The highest BCUT2D eigenvalue weighted by Crippen LogP contribution is 2.07. The van der Waals surface area contributed by atoms with Gasteiger partial charge in [-0.1, -0.05) is 13.8 Å². The van der Waals surface area contributed by atoms with Crippen LogP contribution in [0.4, 0.5) is 0 Å². The van der Waals surface area contributed by atoms with Crippen molar-refractivity contribution in [1.29, 1.82) is 0 Å². The van der Waals surface area contributed by atoms with E-state index in [0.29, 0.717) is 19.4 Å². The van der Waals surface area contributed by atoms with Gasteiger partial charge >= 0.3 is 5.97 Å². The minimum Gasteiger partial charge on any atom is -0.480 e. The van der Waals surface area contributed by atoms with Crippen LogP contribution in [0.3, 0.4) is 0 Å². The number of unbranched alkanes of at least 4 members (excludes halogenated alkanes) is 1. The lowest BCUT2D eigenvalue weighted by molar-refractivity contribution is -0.142. The fraction of sp³-hybridized carbons (Fsp3) is 0.727. The topological polar surface area (TPSA) is 284 Å². The molecule has 15 nitrogen and oxygen atoms in total. The Hall–Kier alpha value is -3.46. The molecular formula is C22H43N9O6. The Morgan fingerprint density at radius 3 is 1.78 bits per heavy atom. The Labute approximate surface area is 216 Å². The van der Waals surface area contributed by atoms with E-state index in [1.807, 2.05) is 0 Å². The first-order valence-electron chi connectivity index (χ1n) is 12.2.